The van der Waals surface area contributed by atoms with Gasteiger partial charge >= 0.3 is 6.18 Å². The largest absolute Gasteiger partial charge is 0.417 e. The number of carbonyl (C=O) groups is 2. The first kappa shape index (κ1) is 43.6. The van der Waals surface area contributed by atoms with Crippen LogP contribution in [0.4, 0.5) is 17.6 Å². The van der Waals surface area contributed by atoms with Crippen LogP contribution in [0.1, 0.15) is 133 Å². The molecule has 288 valence electrons. The fraction of sp³-hybridized carbons (Fsp3) is 0.488. The highest BCUT2D eigenvalue weighted by Gasteiger charge is 2.33. The number of allylic oxidation sites excluding steroid dienone is 3. The van der Waals surface area contributed by atoms with Crippen molar-refractivity contribution >= 4 is 34.8 Å². The Hall–Kier alpha value is -3.85. The van der Waals surface area contributed by atoms with Crippen LogP contribution in [0.25, 0.3) is 11.6 Å². The van der Waals surface area contributed by atoms with E-state index in [9.17, 15) is 22.8 Å². The van der Waals surface area contributed by atoms with Crippen LogP contribution in [-0.2, 0) is 23.9 Å². The van der Waals surface area contributed by atoms with Crippen molar-refractivity contribution in [3.8, 4) is 0 Å². The molecule has 0 aliphatic heterocycles. The second-order valence-electron chi connectivity index (χ2n) is 14.1. The number of benzene rings is 1. The van der Waals surface area contributed by atoms with E-state index < -0.39 is 17.6 Å². The molecule has 0 N–H and O–H groups in total. The van der Waals surface area contributed by atoms with Gasteiger partial charge in [-0.15, -0.1) is 0 Å². The molecular formula is C43H54ClF4N3O2. The molecule has 0 saturated carbocycles. The number of hydrogen-bond donors (Lipinski definition) is 0. The van der Waals surface area contributed by atoms with E-state index in [1.165, 1.54) is 6.20 Å². The van der Waals surface area contributed by atoms with Crippen molar-refractivity contribution in [1.82, 2.24) is 14.8 Å². The Bertz CT molecular complexity index is 1940. The third-order valence-electron chi connectivity index (χ3n) is 10.1. The van der Waals surface area contributed by atoms with Gasteiger partial charge in [-0.05, 0) is 80.6 Å². The maximum Gasteiger partial charge on any atom is 0.417 e. The summed E-state index contributed by atoms with van der Waals surface area (Å²) in [5.41, 5.74) is 2.67. The average Bonchev–Trinajstić information content (AvgIpc) is 3.48. The Morgan fingerprint density at radius 1 is 1.00 bits per heavy atom. The number of nitrogens with zero attached hydrogens (tertiary/aromatic N) is 3. The van der Waals surface area contributed by atoms with E-state index in [0.717, 1.165) is 29.2 Å². The van der Waals surface area contributed by atoms with E-state index >= 15 is 4.39 Å². The summed E-state index contributed by atoms with van der Waals surface area (Å²) in [6.45, 7) is 19.9. The molecule has 3 rings (SSSR count). The fourth-order valence-electron chi connectivity index (χ4n) is 6.91. The lowest BCUT2D eigenvalue weighted by atomic mass is 9.74. The smallest absolute Gasteiger partial charge is 0.300 e. The lowest BCUT2D eigenvalue weighted by Gasteiger charge is -2.29. The maximum absolute atomic E-state index is 16.4. The SMILES string of the molecule is C=C(C)C(CCC(=O)CCC)C(C)C(C)C(=O)c1ccc(Cn2ncc(=C(/C(F)=C(\C)CCC)c3ncc(C(F)(F)F)cc3Cl)/c2=C\CC)cc1CC. The number of hydrogen-bond acceptors (Lipinski definition) is 4. The second kappa shape index (κ2) is 19.5. The van der Waals surface area contributed by atoms with Crippen LogP contribution >= 0.6 is 11.6 Å². The highest BCUT2D eigenvalue weighted by Crippen LogP contribution is 2.35. The van der Waals surface area contributed by atoms with Gasteiger partial charge in [-0.25, -0.2) is 4.39 Å². The molecular weight excluding hydrogens is 702 g/mol. The quantitative estimate of drug-likeness (QED) is 0.0737. The van der Waals surface area contributed by atoms with Crippen LogP contribution in [0.2, 0.25) is 5.02 Å². The minimum atomic E-state index is -4.66. The molecule has 0 aliphatic carbocycles. The van der Waals surface area contributed by atoms with E-state index in [0.29, 0.717) is 79.4 Å². The van der Waals surface area contributed by atoms with Gasteiger partial charge in [0, 0.05) is 41.3 Å². The van der Waals surface area contributed by atoms with Gasteiger partial charge in [-0.1, -0.05) is 96.0 Å². The van der Waals surface area contributed by atoms with Gasteiger partial charge in [0.15, 0.2) is 5.78 Å². The van der Waals surface area contributed by atoms with Gasteiger partial charge in [0.1, 0.15) is 11.6 Å². The molecule has 3 unspecified atom stereocenters. The number of ketones is 2. The number of Topliss-reactive ketones (excluding diaryl/α,β-unsaturated/α-hetero) is 2. The van der Waals surface area contributed by atoms with Crippen molar-refractivity contribution in [2.24, 2.45) is 17.8 Å². The highest BCUT2D eigenvalue weighted by atomic mass is 35.5. The number of alkyl halides is 3. The first-order valence-electron chi connectivity index (χ1n) is 18.7. The molecule has 0 spiro atoms. The summed E-state index contributed by atoms with van der Waals surface area (Å²) in [5.74, 6) is -0.596. The van der Waals surface area contributed by atoms with E-state index in [1.807, 2.05) is 65.8 Å². The molecule has 0 bridgehead atoms. The molecule has 0 saturated heterocycles. The molecule has 5 nitrogen and oxygen atoms in total. The zero-order valence-electron chi connectivity index (χ0n) is 32.4. The number of halogens is 5. The third-order valence-corrected chi connectivity index (χ3v) is 10.3. The number of aromatic nitrogens is 3. The Morgan fingerprint density at radius 3 is 2.25 bits per heavy atom. The van der Waals surface area contributed by atoms with Crippen molar-refractivity contribution in [2.75, 3.05) is 0 Å². The predicted octanol–water partition coefficient (Wildman–Crippen LogP) is 10.8. The summed E-state index contributed by atoms with van der Waals surface area (Å²) >= 11 is 6.40. The minimum absolute atomic E-state index is 0.0121. The fourth-order valence-corrected chi connectivity index (χ4v) is 7.17. The van der Waals surface area contributed by atoms with Crippen molar-refractivity contribution in [2.45, 2.75) is 119 Å². The molecule has 53 heavy (non-hydrogen) atoms. The van der Waals surface area contributed by atoms with Crippen LogP contribution in [0, 0.1) is 17.8 Å². The van der Waals surface area contributed by atoms with E-state index in [1.54, 1.807) is 11.6 Å². The maximum atomic E-state index is 16.4. The van der Waals surface area contributed by atoms with Gasteiger partial charge in [-0.2, -0.15) is 18.3 Å². The lowest BCUT2D eigenvalue weighted by molar-refractivity contribution is -0.137. The summed E-state index contributed by atoms with van der Waals surface area (Å²) in [6.07, 6.45) is 4.21. The van der Waals surface area contributed by atoms with Gasteiger partial charge in [0.25, 0.3) is 0 Å². The van der Waals surface area contributed by atoms with Crippen molar-refractivity contribution in [1.29, 1.82) is 0 Å². The minimum Gasteiger partial charge on any atom is -0.300 e. The molecule has 0 aliphatic rings. The van der Waals surface area contributed by atoms with Crippen LogP contribution in [0.5, 0.6) is 0 Å². The van der Waals surface area contributed by atoms with E-state index in [2.05, 4.69) is 23.6 Å². The number of pyridine rings is 1. The zero-order chi connectivity index (χ0) is 39.6. The molecule has 10 heteroatoms. The number of aryl methyl sites for hydroxylation is 1. The monoisotopic (exact) mass is 755 g/mol. The highest BCUT2D eigenvalue weighted by molar-refractivity contribution is 6.32. The summed E-state index contributed by atoms with van der Waals surface area (Å²) < 4.78 is 58.5. The predicted molar refractivity (Wildman–Crippen MR) is 207 cm³/mol. The second-order valence-corrected chi connectivity index (χ2v) is 14.5. The average molecular weight is 756 g/mol. The van der Waals surface area contributed by atoms with Gasteiger partial charge in [0.05, 0.1) is 34.4 Å². The Morgan fingerprint density at radius 2 is 1.68 bits per heavy atom. The molecule has 1 aromatic carbocycles. The summed E-state index contributed by atoms with van der Waals surface area (Å²) in [7, 11) is 0. The molecule has 3 atom stereocenters. The van der Waals surface area contributed by atoms with Crippen LogP contribution in [-0.4, -0.2) is 26.3 Å². The van der Waals surface area contributed by atoms with Crippen molar-refractivity contribution in [3.05, 3.63) is 104 Å². The molecule has 0 fully saturated rings. The lowest BCUT2D eigenvalue weighted by Crippen LogP contribution is -2.32. The van der Waals surface area contributed by atoms with Crippen LogP contribution in [0.3, 0.4) is 0 Å². The molecule has 2 heterocycles. The summed E-state index contributed by atoms with van der Waals surface area (Å²) in [6, 6.07) is 6.51. The first-order valence-corrected chi connectivity index (χ1v) is 19.1. The van der Waals surface area contributed by atoms with Crippen molar-refractivity contribution < 1.29 is 27.2 Å². The van der Waals surface area contributed by atoms with Crippen molar-refractivity contribution in [3.63, 3.8) is 0 Å². The van der Waals surface area contributed by atoms with Gasteiger partial charge < -0.3 is 0 Å². The first-order chi connectivity index (χ1) is 25.0. The molecule has 3 aromatic rings. The Balaban J connectivity index is 2.09. The topological polar surface area (TPSA) is 64.8 Å². The molecule has 2 aromatic heterocycles. The standard InChI is InChI=1S/C43H54ClF4N3O2/c1-10-14-27(7)40(45)39(41-37(44)22-32(23-49-41)43(46,47)48)36-24-50-51(38(36)16-12-3)25-30-17-19-35(31(13-4)21-30)42(53)29(9)28(8)34(26(5)6)20-18-33(52)15-11-2/h16-17,19,21-24,28-29,34H,5,10-15,18,20,25H2,1-4,6-9H3/b38-16+,39-36+,40-27-. The summed E-state index contributed by atoms with van der Waals surface area (Å²) in [5, 5.41) is 5.24. The Kier molecular flexibility index (Phi) is 16.0. The number of rotatable bonds is 18. The zero-order valence-corrected chi connectivity index (χ0v) is 33.1. The van der Waals surface area contributed by atoms with Gasteiger partial charge in [0.2, 0.25) is 0 Å². The van der Waals surface area contributed by atoms with Crippen LogP contribution < -0.4 is 10.6 Å². The molecule has 0 amide bonds. The Labute approximate surface area is 316 Å². The van der Waals surface area contributed by atoms with Gasteiger partial charge in [-0.3, -0.25) is 19.3 Å². The third kappa shape index (κ3) is 10.9. The number of carbonyl (C=O) groups excluding carboxylic acids is 2. The normalized spacial score (nSPS) is 15.2. The van der Waals surface area contributed by atoms with Crippen LogP contribution in [0.15, 0.2) is 60.2 Å². The molecule has 0 radical (unpaired) electrons. The van der Waals surface area contributed by atoms with E-state index in [-0.39, 0.29) is 45.6 Å². The summed E-state index contributed by atoms with van der Waals surface area (Å²) in [4.78, 5) is 30.3. The van der Waals surface area contributed by atoms with E-state index in [4.69, 9.17) is 11.6 Å².